The second-order valence-electron chi connectivity index (χ2n) is 5.84. The maximum absolute atomic E-state index is 11.4. The Morgan fingerprint density at radius 2 is 2.10 bits per heavy atom. The van der Waals surface area contributed by atoms with Crippen molar-refractivity contribution in [3.05, 3.63) is 68.5 Å². The highest BCUT2D eigenvalue weighted by Gasteiger charge is 2.22. The van der Waals surface area contributed by atoms with Crippen molar-refractivity contribution < 1.29 is 14.4 Å². The van der Waals surface area contributed by atoms with Crippen LogP contribution in [0.3, 0.4) is 0 Å². The highest BCUT2D eigenvalue weighted by molar-refractivity contribution is 7.11. The zero-order chi connectivity index (χ0) is 20.8. The molecule has 2 aromatic carbocycles. The first-order valence-corrected chi connectivity index (χ1v) is 9.57. The molecule has 0 saturated carbocycles. The molecule has 0 N–H and O–H groups in total. The first kappa shape index (κ1) is 20.0. The average Bonchev–Trinajstić information content (AvgIpc) is 3.22. The van der Waals surface area contributed by atoms with E-state index in [4.69, 9.17) is 9.47 Å². The Balaban J connectivity index is 2.05. The van der Waals surface area contributed by atoms with Crippen molar-refractivity contribution in [1.29, 1.82) is 5.26 Å². The first-order chi connectivity index (χ1) is 14.1. The highest BCUT2D eigenvalue weighted by atomic mass is 32.1. The number of ether oxygens (including phenoxy) is 2. The number of nitriles is 1. The predicted octanol–water partition coefficient (Wildman–Crippen LogP) is 5.19. The van der Waals surface area contributed by atoms with Gasteiger partial charge in [-0.3, -0.25) is 10.1 Å². The lowest BCUT2D eigenvalue weighted by molar-refractivity contribution is -0.385. The smallest absolute Gasteiger partial charge is 0.315 e. The quantitative estimate of drug-likeness (QED) is 0.304. The number of nitro benzene ring substituents is 1. The van der Waals surface area contributed by atoms with E-state index in [0.717, 1.165) is 11.3 Å². The van der Waals surface area contributed by atoms with Gasteiger partial charge in [-0.1, -0.05) is 30.3 Å². The van der Waals surface area contributed by atoms with Crippen LogP contribution in [0.15, 0.2) is 47.8 Å². The summed E-state index contributed by atoms with van der Waals surface area (Å²) in [6, 6.07) is 14.7. The molecule has 0 bridgehead atoms. The summed E-state index contributed by atoms with van der Waals surface area (Å²) in [6.45, 7) is 2.09. The van der Waals surface area contributed by atoms with Gasteiger partial charge in [0.1, 0.15) is 11.1 Å². The number of allylic oxidation sites excluding steroid dienone is 1. The first-order valence-electron chi connectivity index (χ1n) is 8.69. The Morgan fingerprint density at radius 3 is 2.72 bits per heavy atom. The molecule has 0 spiro atoms. The molecule has 0 atom stereocenters. The number of nitrogens with zero attached hydrogens (tertiary/aromatic N) is 3. The number of benzene rings is 2. The Morgan fingerprint density at radius 1 is 1.34 bits per heavy atom. The van der Waals surface area contributed by atoms with Crippen molar-refractivity contribution in [2.75, 3.05) is 13.7 Å². The predicted molar refractivity (Wildman–Crippen MR) is 112 cm³/mol. The van der Waals surface area contributed by atoms with Gasteiger partial charge in [-0.05, 0) is 24.6 Å². The molecule has 0 aliphatic rings. The molecule has 0 unspecified atom stereocenters. The van der Waals surface area contributed by atoms with Crippen molar-refractivity contribution in [3.8, 4) is 28.8 Å². The van der Waals surface area contributed by atoms with Crippen LogP contribution in [-0.2, 0) is 0 Å². The van der Waals surface area contributed by atoms with Crippen LogP contribution < -0.4 is 9.47 Å². The second kappa shape index (κ2) is 8.99. The van der Waals surface area contributed by atoms with Crippen LogP contribution in [0.2, 0.25) is 0 Å². The summed E-state index contributed by atoms with van der Waals surface area (Å²) < 4.78 is 10.6. The van der Waals surface area contributed by atoms with Crippen LogP contribution >= 0.6 is 11.3 Å². The summed E-state index contributed by atoms with van der Waals surface area (Å²) in [4.78, 5) is 15.4. The van der Waals surface area contributed by atoms with Gasteiger partial charge in [-0.25, -0.2) is 4.98 Å². The van der Waals surface area contributed by atoms with Crippen molar-refractivity contribution >= 4 is 28.7 Å². The molecule has 0 aliphatic heterocycles. The van der Waals surface area contributed by atoms with E-state index in [-0.39, 0.29) is 17.2 Å². The van der Waals surface area contributed by atoms with Crippen LogP contribution in [0, 0.1) is 21.4 Å². The van der Waals surface area contributed by atoms with Crippen molar-refractivity contribution in [3.63, 3.8) is 0 Å². The van der Waals surface area contributed by atoms with Gasteiger partial charge >= 0.3 is 5.69 Å². The van der Waals surface area contributed by atoms with Crippen LogP contribution in [0.1, 0.15) is 17.5 Å². The zero-order valence-corrected chi connectivity index (χ0v) is 16.6. The minimum atomic E-state index is -0.540. The maximum atomic E-state index is 11.4. The minimum Gasteiger partial charge on any atom is -0.490 e. The number of hydrogen-bond acceptors (Lipinski definition) is 7. The summed E-state index contributed by atoms with van der Waals surface area (Å²) >= 11 is 1.34. The SMILES string of the molecule is CCOc1cc(/C=C(/C#N)c2nc(-c3ccccc3)cs2)cc([N+](=O)[O-])c1OC. The number of hydrogen-bond donors (Lipinski definition) is 0. The largest absolute Gasteiger partial charge is 0.490 e. The van der Waals surface area contributed by atoms with E-state index in [2.05, 4.69) is 11.1 Å². The number of nitro groups is 1. The topological polar surface area (TPSA) is 98.3 Å². The number of methoxy groups -OCH3 is 1. The molecule has 146 valence electrons. The molecule has 0 amide bonds. The monoisotopic (exact) mass is 407 g/mol. The van der Waals surface area contributed by atoms with E-state index in [1.54, 1.807) is 19.1 Å². The lowest BCUT2D eigenvalue weighted by atomic mass is 10.1. The van der Waals surface area contributed by atoms with E-state index < -0.39 is 4.92 Å². The van der Waals surface area contributed by atoms with Crippen molar-refractivity contribution in [2.45, 2.75) is 6.92 Å². The van der Waals surface area contributed by atoms with Gasteiger partial charge in [0.25, 0.3) is 0 Å². The number of aromatic nitrogens is 1. The summed E-state index contributed by atoms with van der Waals surface area (Å²) in [7, 11) is 1.35. The highest BCUT2D eigenvalue weighted by Crippen LogP contribution is 2.39. The van der Waals surface area contributed by atoms with Gasteiger partial charge in [0, 0.05) is 17.0 Å². The lowest BCUT2D eigenvalue weighted by Crippen LogP contribution is -2.00. The molecule has 29 heavy (non-hydrogen) atoms. The van der Waals surface area contributed by atoms with Gasteiger partial charge in [-0.2, -0.15) is 5.26 Å². The molecule has 1 aromatic heterocycles. The Kier molecular flexibility index (Phi) is 6.22. The van der Waals surface area contributed by atoms with E-state index in [1.165, 1.54) is 24.5 Å². The Labute approximate surface area is 171 Å². The van der Waals surface area contributed by atoms with E-state index in [9.17, 15) is 15.4 Å². The molecule has 3 aromatic rings. The molecule has 7 nitrogen and oxygen atoms in total. The standard InChI is InChI=1S/C21H17N3O4S/c1-3-28-19-11-14(10-18(24(25)26)20(19)27-2)9-16(12-22)21-23-17(13-29-21)15-7-5-4-6-8-15/h4-11,13H,3H2,1-2H3/b16-9-. The van der Waals surface area contributed by atoms with Crippen LogP contribution in [0.4, 0.5) is 5.69 Å². The zero-order valence-electron chi connectivity index (χ0n) is 15.8. The van der Waals surface area contributed by atoms with Gasteiger partial charge in [0.15, 0.2) is 5.75 Å². The van der Waals surface area contributed by atoms with Crippen molar-refractivity contribution in [2.24, 2.45) is 0 Å². The average molecular weight is 407 g/mol. The van der Waals surface area contributed by atoms with E-state index in [1.807, 2.05) is 35.7 Å². The van der Waals surface area contributed by atoms with Crippen LogP contribution in [0.25, 0.3) is 22.9 Å². The molecule has 1 heterocycles. The normalized spacial score (nSPS) is 11.0. The number of thiazole rings is 1. The van der Waals surface area contributed by atoms with Gasteiger partial charge in [-0.15, -0.1) is 11.3 Å². The van der Waals surface area contributed by atoms with Crippen molar-refractivity contribution in [1.82, 2.24) is 4.98 Å². The van der Waals surface area contributed by atoms with Gasteiger partial charge < -0.3 is 9.47 Å². The fraction of sp³-hybridized carbons (Fsp3) is 0.143. The minimum absolute atomic E-state index is 0.0492. The molecule has 8 heteroatoms. The Hall–Kier alpha value is -3.70. The second-order valence-corrected chi connectivity index (χ2v) is 6.69. The maximum Gasteiger partial charge on any atom is 0.315 e. The third kappa shape index (κ3) is 4.42. The summed E-state index contributed by atoms with van der Waals surface area (Å²) in [5.74, 6) is 0.296. The molecular formula is C21H17N3O4S. The van der Waals surface area contributed by atoms with E-state index in [0.29, 0.717) is 22.8 Å². The molecule has 0 saturated heterocycles. The molecule has 3 rings (SSSR count). The number of rotatable bonds is 7. The van der Waals surface area contributed by atoms with Crippen LogP contribution in [0.5, 0.6) is 11.5 Å². The van der Waals surface area contributed by atoms with E-state index >= 15 is 0 Å². The molecule has 0 aliphatic carbocycles. The summed E-state index contributed by atoms with van der Waals surface area (Å²) in [5.41, 5.74) is 2.24. The summed E-state index contributed by atoms with van der Waals surface area (Å²) in [6.07, 6.45) is 1.56. The fourth-order valence-electron chi connectivity index (χ4n) is 2.74. The van der Waals surface area contributed by atoms with Crippen LogP contribution in [-0.4, -0.2) is 23.6 Å². The summed E-state index contributed by atoms with van der Waals surface area (Å²) in [5, 5.41) is 23.5. The third-order valence-corrected chi connectivity index (χ3v) is 4.87. The Bertz CT molecular complexity index is 1100. The van der Waals surface area contributed by atoms with Gasteiger partial charge in [0.2, 0.25) is 5.75 Å². The molecule has 0 fully saturated rings. The lowest BCUT2D eigenvalue weighted by Gasteiger charge is -2.10. The van der Waals surface area contributed by atoms with Gasteiger partial charge in [0.05, 0.1) is 29.9 Å². The third-order valence-electron chi connectivity index (χ3n) is 3.99. The fourth-order valence-corrected chi connectivity index (χ4v) is 3.54. The molecular weight excluding hydrogens is 390 g/mol. The molecule has 0 radical (unpaired) electrons.